The number of fused-ring (bicyclic) bond motifs is 2. The van der Waals surface area contributed by atoms with E-state index in [1.54, 1.807) is 11.3 Å². The van der Waals surface area contributed by atoms with Crippen LogP contribution in [0.3, 0.4) is 0 Å². The molecule has 1 atom stereocenters. The topological polar surface area (TPSA) is 48.0 Å². The lowest BCUT2D eigenvalue weighted by Crippen LogP contribution is -2.39. The molecule has 5 nitrogen and oxygen atoms in total. The van der Waals surface area contributed by atoms with Gasteiger partial charge in [0.25, 0.3) is 0 Å². The van der Waals surface area contributed by atoms with Crippen molar-refractivity contribution in [1.29, 1.82) is 0 Å². The minimum Gasteiger partial charge on any atom is -0.487 e. The fourth-order valence-corrected chi connectivity index (χ4v) is 5.79. The van der Waals surface area contributed by atoms with E-state index in [0.717, 1.165) is 54.9 Å². The van der Waals surface area contributed by atoms with Gasteiger partial charge in [0.2, 0.25) is 5.91 Å². The zero-order chi connectivity index (χ0) is 21.5. The molecular formula is C26H27NO4S. The Hall–Kier alpha value is -2.57. The molecule has 3 aliphatic rings. The number of thiophene rings is 1. The number of carbonyl (C=O) groups is 1. The molecular weight excluding hydrogens is 422 g/mol. The standard InChI is InChI=1S/C26H27NO4S/c28-26(17-4-3-5-17)27-9-11-30-25-19(14-27)12-18(13-23(25)31-20-8-10-29-15-20)22-16-32-24-7-2-1-6-21(22)24/h1-2,6-7,12-13,16-17,20H,3-5,8-11,14-15H2/t20-/m0/s1. The van der Waals surface area contributed by atoms with Crippen molar-refractivity contribution in [3.05, 3.63) is 47.3 Å². The summed E-state index contributed by atoms with van der Waals surface area (Å²) in [5, 5.41) is 3.45. The van der Waals surface area contributed by atoms with Crippen molar-refractivity contribution in [3.8, 4) is 22.6 Å². The van der Waals surface area contributed by atoms with Gasteiger partial charge < -0.3 is 19.1 Å². The molecule has 32 heavy (non-hydrogen) atoms. The summed E-state index contributed by atoms with van der Waals surface area (Å²) in [5.74, 6) is 2.00. The van der Waals surface area contributed by atoms with Crippen molar-refractivity contribution in [2.45, 2.75) is 38.3 Å². The first-order valence-electron chi connectivity index (χ1n) is 11.6. The molecule has 0 unspecified atom stereocenters. The maximum atomic E-state index is 13.0. The third-order valence-electron chi connectivity index (χ3n) is 6.84. The predicted molar refractivity (Wildman–Crippen MR) is 125 cm³/mol. The lowest BCUT2D eigenvalue weighted by Gasteiger charge is -2.30. The summed E-state index contributed by atoms with van der Waals surface area (Å²) in [6.45, 7) is 3.01. The molecule has 3 heterocycles. The van der Waals surface area contributed by atoms with E-state index in [-0.39, 0.29) is 17.9 Å². The minimum absolute atomic E-state index is 0.0353. The average molecular weight is 450 g/mol. The largest absolute Gasteiger partial charge is 0.487 e. The SMILES string of the molecule is O=C(C1CCC1)N1CCOc2c(cc(-c3csc4ccccc34)cc2O[C@H]2CCOC2)C1. The normalized spacial score (nSPS) is 21.0. The van der Waals surface area contributed by atoms with Crippen LogP contribution in [0.15, 0.2) is 41.8 Å². The Morgan fingerprint density at radius 1 is 1.12 bits per heavy atom. The highest BCUT2D eigenvalue weighted by Crippen LogP contribution is 2.43. The second-order valence-corrected chi connectivity index (χ2v) is 9.86. The number of hydrogen-bond donors (Lipinski definition) is 0. The third-order valence-corrected chi connectivity index (χ3v) is 7.80. The highest BCUT2D eigenvalue weighted by molar-refractivity contribution is 7.17. The van der Waals surface area contributed by atoms with E-state index in [0.29, 0.717) is 26.3 Å². The van der Waals surface area contributed by atoms with Crippen LogP contribution in [0, 0.1) is 5.92 Å². The molecule has 2 aliphatic heterocycles. The Labute approximate surface area is 191 Å². The van der Waals surface area contributed by atoms with Gasteiger partial charge in [0.05, 0.1) is 19.8 Å². The molecule has 0 bridgehead atoms. The molecule has 1 amide bonds. The first-order chi connectivity index (χ1) is 15.8. The molecule has 1 aliphatic carbocycles. The van der Waals surface area contributed by atoms with Crippen LogP contribution in [0.5, 0.6) is 11.5 Å². The summed E-state index contributed by atoms with van der Waals surface area (Å²) in [5.41, 5.74) is 3.33. The van der Waals surface area contributed by atoms with Gasteiger partial charge in [0.15, 0.2) is 11.5 Å². The fraction of sp³-hybridized carbons (Fsp3) is 0.423. The van der Waals surface area contributed by atoms with Gasteiger partial charge >= 0.3 is 0 Å². The van der Waals surface area contributed by atoms with Crippen LogP contribution < -0.4 is 9.47 Å². The molecule has 2 fully saturated rings. The fourth-order valence-electron chi connectivity index (χ4n) is 4.82. The summed E-state index contributed by atoms with van der Waals surface area (Å²) >= 11 is 1.75. The van der Waals surface area contributed by atoms with E-state index in [9.17, 15) is 4.79 Å². The maximum absolute atomic E-state index is 13.0. The molecule has 166 valence electrons. The molecule has 0 spiro atoms. The van der Waals surface area contributed by atoms with Crippen LogP contribution in [0.2, 0.25) is 0 Å². The number of nitrogens with zero attached hydrogens (tertiary/aromatic N) is 1. The van der Waals surface area contributed by atoms with Crippen molar-refractivity contribution in [3.63, 3.8) is 0 Å². The molecule has 2 aromatic carbocycles. The van der Waals surface area contributed by atoms with Gasteiger partial charge in [0.1, 0.15) is 12.7 Å². The monoisotopic (exact) mass is 449 g/mol. The van der Waals surface area contributed by atoms with Crippen LogP contribution in [0.25, 0.3) is 21.2 Å². The van der Waals surface area contributed by atoms with Gasteiger partial charge in [-0.25, -0.2) is 0 Å². The van der Waals surface area contributed by atoms with Gasteiger partial charge in [-0.05, 0) is 42.0 Å². The molecule has 3 aromatic rings. The molecule has 0 radical (unpaired) electrons. The smallest absolute Gasteiger partial charge is 0.226 e. The van der Waals surface area contributed by atoms with Gasteiger partial charge in [-0.15, -0.1) is 11.3 Å². The number of hydrogen-bond acceptors (Lipinski definition) is 5. The lowest BCUT2D eigenvalue weighted by molar-refractivity contribution is -0.138. The quantitative estimate of drug-likeness (QED) is 0.545. The number of benzene rings is 2. The van der Waals surface area contributed by atoms with Crippen LogP contribution in [0.1, 0.15) is 31.2 Å². The second-order valence-electron chi connectivity index (χ2n) is 8.95. The summed E-state index contributed by atoms with van der Waals surface area (Å²) < 4.78 is 19.4. The third kappa shape index (κ3) is 3.65. The van der Waals surface area contributed by atoms with E-state index in [1.165, 1.54) is 15.6 Å². The van der Waals surface area contributed by atoms with Crippen molar-refractivity contribution in [2.75, 3.05) is 26.4 Å². The van der Waals surface area contributed by atoms with Gasteiger partial charge in [-0.2, -0.15) is 0 Å². The molecule has 0 N–H and O–H groups in total. The first-order valence-corrected chi connectivity index (χ1v) is 12.4. The Kier molecular flexibility index (Phi) is 5.27. The van der Waals surface area contributed by atoms with E-state index in [2.05, 4.69) is 41.8 Å². The Morgan fingerprint density at radius 2 is 2.03 bits per heavy atom. The van der Waals surface area contributed by atoms with Crippen LogP contribution in [-0.4, -0.2) is 43.3 Å². The summed E-state index contributed by atoms with van der Waals surface area (Å²) in [7, 11) is 0. The average Bonchev–Trinajstić information content (AvgIpc) is 3.37. The maximum Gasteiger partial charge on any atom is 0.226 e. The van der Waals surface area contributed by atoms with Crippen LogP contribution >= 0.6 is 11.3 Å². The van der Waals surface area contributed by atoms with Crippen molar-refractivity contribution in [2.24, 2.45) is 5.92 Å². The number of amides is 1. The van der Waals surface area contributed by atoms with Gasteiger partial charge in [-0.3, -0.25) is 4.79 Å². The van der Waals surface area contributed by atoms with E-state index < -0.39 is 0 Å². The zero-order valence-corrected chi connectivity index (χ0v) is 18.9. The van der Waals surface area contributed by atoms with E-state index >= 15 is 0 Å². The van der Waals surface area contributed by atoms with E-state index in [4.69, 9.17) is 14.2 Å². The summed E-state index contributed by atoms with van der Waals surface area (Å²) in [4.78, 5) is 15.0. The number of rotatable bonds is 4. The minimum atomic E-state index is 0.0353. The lowest BCUT2D eigenvalue weighted by atomic mass is 9.84. The summed E-state index contributed by atoms with van der Waals surface area (Å²) in [6.07, 6.45) is 4.11. The highest BCUT2D eigenvalue weighted by Gasteiger charge is 2.32. The summed E-state index contributed by atoms with van der Waals surface area (Å²) in [6, 6.07) is 12.8. The first kappa shape index (κ1) is 20.1. The van der Waals surface area contributed by atoms with Crippen molar-refractivity contribution in [1.82, 2.24) is 4.90 Å². The second kappa shape index (κ2) is 8.41. The number of ether oxygens (including phenoxy) is 3. The van der Waals surface area contributed by atoms with Crippen molar-refractivity contribution >= 4 is 27.3 Å². The Bertz CT molecular complexity index is 1150. The highest BCUT2D eigenvalue weighted by atomic mass is 32.1. The van der Waals surface area contributed by atoms with Crippen LogP contribution in [0.4, 0.5) is 0 Å². The van der Waals surface area contributed by atoms with Gasteiger partial charge in [-0.1, -0.05) is 24.6 Å². The Balaban J connectivity index is 1.41. The molecule has 1 saturated carbocycles. The number of carbonyl (C=O) groups excluding carboxylic acids is 1. The predicted octanol–water partition coefficient (Wildman–Crippen LogP) is 5.26. The van der Waals surface area contributed by atoms with E-state index in [1.807, 2.05) is 4.90 Å². The van der Waals surface area contributed by atoms with Crippen molar-refractivity contribution < 1.29 is 19.0 Å². The molecule has 1 aromatic heterocycles. The zero-order valence-electron chi connectivity index (χ0n) is 18.0. The molecule has 6 heteroatoms. The molecule has 1 saturated heterocycles. The van der Waals surface area contributed by atoms with Gasteiger partial charge in [0, 0.05) is 40.1 Å². The Morgan fingerprint density at radius 3 is 2.84 bits per heavy atom. The van der Waals surface area contributed by atoms with Crippen LogP contribution in [-0.2, 0) is 16.1 Å². The molecule has 6 rings (SSSR count).